The van der Waals surface area contributed by atoms with Gasteiger partial charge in [0, 0.05) is 37.3 Å². The smallest absolute Gasteiger partial charge is 0.405 e. The highest BCUT2D eigenvalue weighted by Gasteiger charge is 2.31. The van der Waals surface area contributed by atoms with Crippen molar-refractivity contribution in [2.75, 3.05) is 18.8 Å². The summed E-state index contributed by atoms with van der Waals surface area (Å²) >= 11 is 5.79. The molecule has 11 heteroatoms. The standard InChI is InChI=1S/C18H26ClN3O6S/c1-18(2,21-17(24)25)8-5-14(23)12-29(26,27)22-9-6-15(7-10-22)28-16-4-3-13(19)11-20-16/h3-4,11,15,21H,5-10,12H2,1-2H3,(H,24,25). The number of halogens is 1. The number of hydrogen-bond donors (Lipinski definition) is 2. The molecule has 0 aliphatic carbocycles. The zero-order chi connectivity index (χ0) is 21.7. The number of carboxylic acid groups (broad SMARTS) is 1. The predicted molar refractivity (Wildman–Crippen MR) is 108 cm³/mol. The minimum absolute atomic E-state index is 0.0195. The number of rotatable bonds is 9. The van der Waals surface area contributed by atoms with Crippen molar-refractivity contribution in [3.8, 4) is 5.88 Å². The van der Waals surface area contributed by atoms with Gasteiger partial charge in [-0.15, -0.1) is 0 Å². The summed E-state index contributed by atoms with van der Waals surface area (Å²) in [4.78, 5) is 26.9. The average Bonchev–Trinajstić information content (AvgIpc) is 2.61. The Morgan fingerprint density at radius 3 is 2.55 bits per heavy atom. The maximum atomic E-state index is 12.5. The normalized spacial score (nSPS) is 16.4. The molecule has 1 aliphatic rings. The minimum atomic E-state index is -3.72. The number of hydrogen-bond acceptors (Lipinski definition) is 6. The van der Waals surface area contributed by atoms with Gasteiger partial charge in [0.15, 0.2) is 0 Å². The number of pyridine rings is 1. The van der Waals surface area contributed by atoms with Crippen LogP contribution in [0.4, 0.5) is 4.79 Å². The molecule has 29 heavy (non-hydrogen) atoms. The van der Waals surface area contributed by atoms with Crippen molar-refractivity contribution in [2.45, 2.75) is 51.2 Å². The number of nitrogens with zero attached hydrogens (tertiary/aromatic N) is 2. The zero-order valence-electron chi connectivity index (χ0n) is 16.4. The lowest BCUT2D eigenvalue weighted by atomic mass is 9.97. The Kier molecular flexibility index (Phi) is 7.84. The molecule has 162 valence electrons. The highest BCUT2D eigenvalue weighted by Crippen LogP contribution is 2.21. The molecule has 1 saturated heterocycles. The molecule has 2 N–H and O–H groups in total. The molecule has 1 aromatic rings. The van der Waals surface area contributed by atoms with Gasteiger partial charge in [0.25, 0.3) is 0 Å². The Labute approximate surface area is 175 Å². The highest BCUT2D eigenvalue weighted by molar-refractivity contribution is 7.89. The fourth-order valence-corrected chi connectivity index (χ4v) is 4.61. The second-order valence-electron chi connectivity index (χ2n) is 7.64. The number of piperidine rings is 1. The van der Waals surface area contributed by atoms with Crippen LogP contribution in [0.5, 0.6) is 5.88 Å². The maximum absolute atomic E-state index is 12.5. The number of sulfonamides is 1. The molecule has 0 bridgehead atoms. The van der Waals surface area contributed by atoms with Gasteiger partial charge < -0.3 is 15.2 Å². The van der Waals surface area contributed by atoms with E-state index in [0.29, 0.717) is 23.7 Å². The SMILES string of the molecule is CC(C)(CCC(=O)CS(=O)(=O)N1CCC(Oc2ccc(Cl)cn2)CC1)NC(=O)O. The molecule has 2 rings (SSSR count). The quantitative estimate of drug-likeness (QED) is 0.594. The predicted octanol–water partition coefficient (Wildman–Crippen LogP) is 2.30. The van der Waals surface area contributed by atoms with Crippen LogP contribution in [-0.4, -0.2) is 65.2 Å². The van der Waals surface area contributed by atoms with E-state index in [1.54, 1.807) is 26.0 Å². The molecule has 0 radical (unpaired) electrons. The molecule has 1 fully saturated rings. The number of ketones is 1. The number of amides is 1. The molecule has 0 unspecified atom stereocenters. The van der Waals surface area contributed by atoms with Crippen molar-refractivity contribution < 1.29 is 27.9 Å². The second-order valence-corrected chi connectivity index (χ2v) is 10.0. The summed E-state index contributed by atoms with van der Waals surface area (Å²) < 4.78 is 32.1. The van der Waals surface area contributed by atoms with Gasteiger partial charge >= 0.3 is 6.09 Å². The van der Waals surface area contributed by atoms with Crippen LogP contribution in [0, 0.1) is 0 Å². The first kappa shape index (κ1) is 23.4. The Hall–Kier alpha value is -1.91. The van der Waals surface area contributed by atoms with Crippen LogP contribution in [0.15, 0.2) is 18.3 Å². The van der Waals surface area contributed by atoms with E-state index < -0.39 is 33.2 Å². The first-order valence-electron chi connectivity index (χ1n) is 9.26. The summed E-state index contributed by atoms with van der Waals surface area (Å²) in [6, 6.07) is 3.33. The van der Waals surface area contributed by atoms with Crippen molar-refractivity contribution in [3.05, 3.63) is 23.4 Å². The van der Waals surface area contributed by atoms with E-state index >= 15 is 0 Å². The van der Waals surface area contributed by atoms with Crippen molar-refractivity contribution in [1.82, 2.24) is 14.6 Å². The number of carbonyl (C=O) groups excluding carboxylic acids is 1. The lowest BCUT2D eigenvalue weighted by Gasteiger charge is -2.31. The molecular weight excluding hydrogens is 422 g/mol. The fraction of sp³-hybridized carbons (Fsp3) is 0.611. The second kappa shape index (κ2) is 9.73. The van der Waals surface area contributed by atoms with Gasteiger partial charge in [0.05, 0.1) is 5.02 Å². The van der Waals surface area contributed by atoms with Gasteiger partial charge in [0.1, 0.15) is 17.6 Å². The molecule has 0 aromatic carbocycles. The van der Waals surface area contributed by atoms with Crippen LogP contribution in [-0.2, 0) is 14.8 Å². The van der Waals surface area contributed by atoms with Gasteiger partial charge in [-0.1, -0.05) is 11.6 Å². The van der Waals surface area contributed by atoms with E-state index in [0.717, 1.165) is 0 Å². The largest absolute Gasteiger partial charge is 0.474 e. The van der Waals surface area contributed by atoms with E-state index in [2.05, 4.69) is 10.3 Å². The van der Waals surface area contributed by atoms with Crippen LogP contribution < -0.4 is 10.1 Å². The van der Waals surface area contributed by atoms with Gasteiger partial charge in [-0.25, -0.2) is 22.5 Å². The van der Waals surface area contributed by atoms with E-state index in [1.165, 1.54) is 10.5 Å². The molecule has 0 spiro atoms. The number of Topliss-reactive ketones (excluding diaryl/α,β-unsaturated/α-hetero) is 1. The molecule has 1 aliphatic heterocycles. The van der Waals surface area contributed by atoms with Gasteiger partial charge in [-0.3, -0.25) is 4.79 Å². The van der Waals surface area contributed by atoms with E-state index in [1.807, 2.05) is 0 Å². The van der Waals surface area contributed by atoms with Gasteiger partial charge in [0.2, 0.25) is 15.9 Å². The first-order chi connectivity index (χ1) is 13.5. The number of aromatic nitrogens is 1. The molecular formula is C18H26ClN3O6S. The van der Waals surface area contributed by atoms with Gasteiger partial charge in [-0.05, 0) is 39.2 Å². The zero-order valence-corrected chi connectivity index (χ0v) is 18.0. The summed E-state index contributed by atoms with van der Waals surface area (Å²) in [6.45, 7) is 3.81. The van der Waals surface area contributed by atoms with Crippen LogP contribution in [0.2, 0.25) is 5.02 Å². The summed E-state index contributed by atoms with van der Waals surface area (Å²) in [5.74, 6) is -0.585. The summed E-state index contributed by atoms with van der Waals surface area (Å²) in [5.41, 5.74) is -0.809. The third-order valence-electron chi connectivity index (χ3n) is 4.60. The molecule has 1 amide bonds. The topological polar surface area (TPSA) is 126 Å². The molecule has 2 heterocycles. The maximum Gasteiger partial charge on any atom is 0.405 e. The Morgan fingerprint density at radius 1 is 1.34 bits per heavy atom. The van der Waals surface area contributed by atoms with Gasteiger partial charge in [-0.2, -0.15) is 0 Å². The summed E-state index contributed by atoms with van der Waals surface area (Å²) in [7, 11) is -3.72. The van der Waals surface area contributed by atoms with Crippen LogP contribution >= 0.6 is 11.6 Å². The fourth-order valence-electron chi connectivity index (χ4n) is 3.00. The first-order valence-corrected chi connectivity index (χ1v) is 11.2. The van der Waals surface area contributed by atoms with Crippen molar-refractivity contribution in [2.24, 2.45) is 0 Å². The molecule has 1 aromatic heterocycles. The van der Waals surface area contributed by atoms with E-state index in [-0.39, 0.29) is 32.0 Å². The average molecular weight is 448 g/mol. The minimum Gasteiger partial charge on any atom is -0.474 e. The number of ether oxygens (including phenoxy) is 1. The summed E-state index contributed by atoms with van der Waals surface area (Å²) in [5, 5.41) is 11.6. The highest BCUT2D eigenvalue weighted by atomic mass is 35.5. The lowest BCUT2D eigenvalue weighted by molar-refractivity contribution is -0.117. The lowest BCUT2D eigenvalue weighted by Crippen LogP contribution is -2.45. The summed E-state index contributed by atoms with van der Waals surface area (Å²) in [6.07, 6.45) is 1.32. The Balaban J connectivity index is 1.80. The number of nitrogens with one attached hydrogen (secondary N) is 1. The van der Waals surface area contributed by atoms with Crippen molar-refractivity contribution in [3.63, 3.8) is 0 Å². The number of carbonyl (C=O) groups is 2. The van der Waals surface area contributed by atoms with E-state index in [4.69, 9.17) is 21.4 Å². The van der Waals surface area contributed by atoms with Crippen LogP contribution in [0.1, 0.15) is 39.5 Å². The van der Waals surface area contributed by atoms with E-state index in [9.17, 15) is 18.0 Å². The van der Waals surface area contributed by atoms with Crippen LogP contribution in [0.3, 0.4) is 0 Å². The third kappa shape index (κ3) is 7.79. The Bertz CT molecular complexity index is 821. The molecule has 9 nitrogen and oxygen atoms in total. The molecule has 0 saturated carbocycles. The van der Waals surface area contributed by atoms with Crippen molar-refractivity contribution >= 4 is 33.5 Å². The van der Waals surface area contributed by atoms with Crippen LogP contribution in [0.25, 0.3) is 0 Å². The Morgan fingerprint density at radius 2 is 2.00 bits per heavy atom. The monoisotopic (exact) mass is 447 g/mol. The molecule has 0 atom stereocenters. The third-order valence-corrected chi connectivity index (χ3v) is 6.66. The van der Waals surface area contributed by atoms with Crippen molar-refractivity contribution in [1.29, 1.82) is 0 Å².